The highest BCUT2D eigenvalue weighted by molar-refractivity contribution is 6.21. The number of amides is 2. The number of furan rings is 1. The summed E-state index contributed by atoms with van der Waals surface area (Å²) in [7, 11) is 0. The average Bonchev–Trinajstić information content (AvgIpc) is 3.11. The summed E-state index contributed by atoms with van der Waals surface area (Å²) in [6, 6.07) is 7.45. The maximum absolute atomic E-state index is 13.6. The molecule has 3 aromatic rings. The predicted octanol–water partition coefficient (Wildman–Crippen LogP) is 3.08. The lowest BCUT2D eigenvalue weighted by atomic mass is 10.1. The van der Waals surface area contributed by atoms with Crippen molar-refractivity contribution in [2.75, 3.05) is 0 Å². The van der Waals surface area contributed by atoms with E-state index < -0.39 is 29.4 Å². The molecule has 6 nitrogen and oxygen atoms in total. The maximum atomic E-state index is 13.6. The Labute approximate surface area is 138 Å². The molecule has 0 N–H and O–H groups in total. The van der Waals surface area contributed by atoms with Crippen molar-refractivity contribution in [3.05, 3.63) is 71.0 Å². The van der Waals surface area contributed by atoms with E-state index in [4.69, 9.17) is 9.25 Å². The van der Waals surface area contributed by atoms with Crippen LogP contribution in [0.3, 0.4) is 0 Å². The molecule has 0 bridgehead atoms. The molecule has 0 saturated heterocycles. The fourth-order valence-corrected chi connectivity index (χ4v) is 2.60. The van der Waals surface area contributed by atoms with Crippen molar-refractivity contribution in [1.82, 2.24) is 5.06 Å². The van der Waals surface area contributed by atoms with Gasteiger partial charge in [-0.05, 0) is 18.2 Å². The van der Waals surface area contributed by atoms with Crippen LogP contribution in [0, 0.1) is 11.6 Å². The normalized spacial score (nSPS) is 13.4. The molecule has 0 unspecified atom stereocenters. The third-order valence-corrected chi connectivity index (χ3v) is 3.74. The molecular weight excluding hydrogens is 336 g/mol. The minimum atomic E-state index is -1.15. The second-order valence-electron chi connectivity index (χ2n) is 5.24. The fraction of sp³-hybridized carbons (Fsp3) is 0. The zero-order chi connectivity index (χ0) is 17.7. The Morgan fingerprint density at radius 3 is 2.32 bits per heavy atom. The summed E-state index contributed by atoms with van der Waals surface area (Å²) in [5.74, 6) is -4.67. The van der Waals surface area contributed by atoms with Crippen LogP contribution >= 0.6 is 0 Å². The molecule has 0 atom stereocenters. The Morgan fingerprint density at radius 2 is 1.68 bits per heavy atom. The van der Waals surface area contributed by atoms with E-state index in [1.54, 1.807) is 12.1 Å². The Hall–Kier alpha value is -3.55. The van der Waals surface area contributed by atoms with Crippen molar-refractivity contribution in [3.63, 3.8) is 0 Å². The van der Waals surface area contributed by atoms with E-state index in [1.165, 1.54) is 12.1 Å². The Kier molecular flexibility index (Phi) is 3.14. The number of carbonyl (C=O) groups is 3. The number of imide groups is 1. The molecule has 1 aliphatic rings. The first kappa shape index (κ1) is 15.0. The Morgan fingerprint density at radius 1 is 1.04 bits per heavy atom. The number of hydrogen-bond donors (Lipinski definition) is 0. The molecule has 0 saturated carbocycles. The molecule has 124 valence electrons. The standard InChI is InChI=1S/C17H7F2NO5/c18-8-5-11-12(7-24-14(11)13(19)6-8)17(23)25-20-15(21)9-3-1-2-4-10(9)16(20)22/h1-7H. The van der Waals surface area contributed by atoms with Gasteiger partial charge >= 0.3 is 5.97 Å². The monoisotopic (exact) mass is 343 g/mol. The van der Waals surface area contributed by atoms with Crippen molar-refractivity contribution >= 4 is 28.8 Å². The van der Waals surface area contributed by atoms with Crippen LogP contribution in [0.4, 0.5) is 8.78 Å². The number of rotatable bonds is 2. The molecule has 25 heavy (non-hydrogen) atoms. The molecule has 2 amide bonds. The first-order chi connectivity index (χ1) is 12.0. The fourth-order valence-electron chi connectivity index (χ4n) is 2.60. The topological polar surface area (TPSA) is 76.8 Å². The molecule has 0 radical (unpaired) electrons. The second-order valence-corrected chi connectivity index (χ2v) is 5.24. The van der Waals surface area contributed by atoms with Crippen molar-refractivity contribution in [2.45, 2.75) is 0 Å². The third kappa shape index (κ3) is 2.18. The van der Waals surface area contributed by atoms with Crippen molar-refractivity contribution in [3.8, 4) is 0 Å². The SMILES string of the molecule is O=C(ON1C(=O)c2ccccc2C1=O)c1coc2c(F)cc(F)cc12. The largest absolute Gasteiger partial charge is 0.460 e. The van der Waals surface area contributed by atoms with Crippen LogP contribution in [0.1, 0.15) is 31.1 Å². The summed E-state index contributed by atoms with van der Waals surface area (Å²) in [5.41, 5.74) is -0.468. The van der Waals surface area contributed by atoms with Gasteiger partial charge < -0.3 is 9.25 Å². The first-order valence-electron chi connectivity index (χ1n) is 7.03. The highest BCUT2D eigenvalue weighted by atomic mass is 19.1. The van der Waals surface area contributed by atoms with Gasteiger partial charge in [0.15, 0.2) is 11.4 Å². The van der Waals surface area contributed by atoms with Crippen molar-refractivity contribution in [1.29, 1.82) is 0 Å². The van der Waals surface area contributed by atoms with Gasteiger partial charge in [0.05, 0.1) is 11.1 Å². The predicted molar refractivity (Wildman–Crippen MR) is 78.5 cm³/mol. The molecular formula is C17H7F2NO5. The zero-order valence-electron chi connectivity index (χ0n) is 12.3. The van der Waals surface area contributed by atoms with Gasteiger partial charge in [-0.25, -0.2) is 13.6 Å². The van der Waals surface area contributed by atoms with Crippen LogP contribution in [-0.2, 0) is 4.84 Å². The number of hydroxylamine groups is 2. The summed E-state index contributed by atoms with van der Waals surface area (Å²) < 4.78 is 31.9. The maximum Gasteiger partial charge on any atom is 0.367 e. The van der Waals surface area contributed by atoms with E-state index in [-0.39, 0.29) is 27.7 Å². The highest BCUT2D eigenvalue weighted by Crippen LogP contribution is 2.28. The van der Waals surface area contributed by atoms with E-state index in [1.807, 2.05) is 0 Å². The number of carbonyl (C=O) groups excluding carboxylic acids is 3. The van der Waals surface area contributed by atoms with Crippen LogP contribution in [0.5, 0.6) is 0 Å². The number of benzene rings is 2. The van der Waals surface area contributed by atoms with Gasteiger partial charge in [0.1, 0.15) is 17.6 Å². The van der Waals surface area contributed by atoms with Crippen LogP contribution in [0.15, 0.2) is 47.1 Å². The minimum Gasteiger partial charge on any atom is -0.460 e. The van der Waals surface area contributed by atoms with Gasteiger partial charge in [-0.3, -0.25) is 9.59 Å². The lowest BCUT2D eigenvalue weighted by molar-refractivity contribution is -0.0583. The molecule has 0 spiro atoms. The molecule has 1 aliphatic heterocycles. The van der Waals surface area contributed by atoms with Gasteiger partial charge in [0, 0.05) is 11.5 Å². The van der Waals surface area contributed by atoms with Crippen molar-refractivity contribution in [2.24, 2.45) is 0 Å². The van der Waals surface area contributed by atoms with E-state index in [9.17, 15) is 23.2 Å². The number of hydrogen-bond acceptors (Lipinski definition) is 5. The number of halogens is 2. The van der Waals surface area contributed by atoms with Crippen LogP contribution in [-0.4, -0.2) is 22.8 Å². The quantitative estimate of drug-likeness (QED) is 0.668. The van der Waals surface area contributed by atoms with Gasteiger partial charge in [0.25, 0.3) is 11.8 Å². The van der Waals surface area contributed by atoms with Gasteiger partial charge in [-0.1, -0.05) is 17.2 Å². The van der Waals surface area contributed by atoms with E-state index in [2.05, 4.69) is 0 Å². The molecule has 2 heterocycles. The molecule has 4 rings (SSSR count). The Bertz CT molecular complexity index is 1040. The summed E-state index contributed by atoms with van der Waals surface area (Å²) in [5, 5.41) is 0.140. The molecule has 0 fully saturated rings. The molecule has 2 aromatic carbocycles. The van der Waals surface area contributed by atoms with E-state index in [0.29, 0.717) is 11.1 Å². The summed E-state index contributed by atoms with van der Waals surface area (Å²) in [4.78, 5) is 41.4. The van der Waals surface area contributed by atoms with Crippen LogP contribution in [0.25, 0.3) is 11.0 Å². The van der Waals surface area contributed by atoms with E-state index >= 15 is 0 Å². The average molecular weight is 343 g/mol. The smallest absolute Gasteiger partial charge is 0.367 e. The molecule has 0 aliphatic carbocycles. The lowest BCUT2D eigenvalue weighted by Crippen LogP contribution is -2.32. The summed E-state index contributed by atoms with van der Waals surface area (Å²) >= 11 is 0. The van der Waals surface area contributed by atoms with Gasteiger partial charge in [-0.15, -0.1) is 0 Å². The van der Waals surface area contributed by atoms with Gasteiger partial charge in [-0.2, -0.15) is 0 Å². The van der Waals surface area contributed by atoms with Crippen LogP contribution < -0.4 is 0 Å². The highest BCUT2D eigenvalue weighted by Gasteiger charge is 2.39. The molecule has 1 aromatic heterocycles. The summed E-state index contributed by atoms with van der Waals surface area (Å²) in [6.07, 6.45) is 0.869. The van der Waals surface area contributed by atoms with E-state index in [0.717, 1.165) is 12.3 Å². The zero-order valence-corrected chi connectivity index (χ0v) is 12.3. The lowest BCUT2D eigenvalue weighted by Gasteiger charge is -2.11. The first-order valence-corrected chi connectivity index (χ1v) is 7.03. The number of fused-ring (bicyclic) bond motifs is 2. The van der Waals surface area contributed by atoms with Crippen LogP contribution in [0.2, 0.25) is 0 Å². The van der Waals surface area contributed by atoms with Crippen molar-refractivity contribution < 1.29 is 32.4 Å². The van der Waals surface area contributed by atoms with Gasteiger partial charge in [0.2, 0.25) is 0 Å². The third-order valence-electron chi connectivity index (χ3n) is 3.74. The second kappa shape index (κ2) is 5.23. The minimum absolute atomic E-state index is 0.0921. The Balaban J connectivity index is 1.68. The summed E-state index contributed by atoms with van der Waals surface area (Å²) in [6.45, 7) is 0. The number of nitrogens with zero attached hydrogens (tertiary/aromatic N) is 1. The molecule has 8 heteroatoms.